The molecule has 1 heterocycles. The number of hydroxylamine groups is 2. The highest BCUT2D eigenvalue weighted by atomic mass is 32.2. The molecule has 0 bridgehead atoms. The molecule has 0 atom stereocenters. The van der Waals surface area contributed by atoms with Gasteiger partial charge in [-0.05, 0) is 29.5 Å². The van der Waals surface area contributed by atoms with E-state index in [1.165, 1.54) is 12.1 Å². The zero-order valence-electron chi connectivity index (χ0n) is 13.0. The minimum atomic E-state index is -0.645. The molecule has 0 radical (unpaired) electrons. The Kier molecular flexibility index (Phi) is 4.66. The minimum absolute atomic E-state index is 0.00339. The van der Waals surface area contributed by atoms with Crippen LogP contribution in [0, 0.1) is 0 Å². The van der Waals surface area contributed by atoms with Crippen LogP contribution in [0.3, 0.4) is 0 Å². The Morgan fingerprint density at radius 3 is 2.21 bits per heavy atom. The molecule has 3 rings (SSSR count). The SMILES string of the molecule is CCSc1ccccc1CC(=O)ON1C(=O)c2ccccc2C1=O. The predicted molar refractivity (Wildman–Crippen MR) is 89.6 cm³/mol. The average Bonchev–Trinajstić information content (AvgIpc) is 2.82. The van der Waals surface area contributed by atoms with Gasteiger partial charge in [0, 0.05) is 4.90 Å². The lowest BCUT2D eigenvalue weighted by molar-refractivity contribution is -0.167. The Morgan fingerprint density at radius 2 is 1.58 bits per heavy atom. The summed E-state index contributed by atoms with van der Waals surface area (Å²) in [5.41, 5.74) is 1.31. The molecule has 122 valence electrons. The molecular formula is C18H15NO4S. The van der Waals surface area contributed by atoms with Gasteiger partial charge in [-0.3, -0.25) is 9.59 Å². The van der Waals surface area contributed by atoms with Crippen molar-refractivity contribution in [1.29, 1.82) is 0 Å². The third-order valence-corrected chi connectivity index (χ3v) is 4.56. The number of hydrogen-bond acceptors (Lipinski definition) is 5. The number of benzene rings is 2. The van der Waals surface area contributed by atoms with Crippen molar-refractivity contribution in [2.24, 2.45) is 0 Å². The number of nitrogens with zero attached hydrogens (tertiary/aromatic N) is 1. The number of rotatable bonds is 5. The second-order valence-electron chi connectivity index (χ2n) is 5.13. The van der Waals surface area contributed by atoms with Gasteiger partial charge >= 0.3 is 5.97 Å². The fourth-order valence-electron chi connectivity index (χ4n) is 2.49. The van der Waals surface area contributed by atoms with Gasteiger partial charge in [0.1, 0.15) is 0 Å². The van der Waals surface area contributed by atoms with Crippen LogP contribution in [0.4, 0.5) is 0 Å². The van der Waals surface area contributed by atoms with Crippen LogP contribution in [-0.2, 0) is 16.1 Å². The first-order valence-corrected chi connectivity index (χ1v) is 8.49. The Bertz CT molecular complexity index is 783. The van der Waals surface area contributed by atoms with E-state index < -0.39 is 17.8 Å². The molecule has 1 aliphatic heterocycles. The molecule has 0 aromatic heterocycles. The molecule has 24 heavy (non-hydrogen) atoms. The van der Waals surface area contributed by atoms with E-state index in [1.807, 2.05) is 31.2 Å². The van der Waals surface area contributed by atoms with Crippen molar-refractivity contribution in [3.05, 3.63) is 65.2 Å². The molecule has 1 aliphatic rings. The first kappa shape index (κ1) is 16.3. The van der Waals surface area contributed by atoms with E-state index in [2.05, 4.69) is 0 Å². The van der Waals surface area contributed by atoms with E-state index >= 15 is 0 Å². The van der Waals surface area contributed by atoms with Crippen molar-refractivity contribution < 1.29 is 19.2 Å². The molecule has 0 spiro atoms. The molecule has 2 aromatic rings. The van der Waals surface area contributed by atoms with E-state index in [9.17, 15) is 14.4 Å². The van der Waals surface area contributed by atoms with Gasteiger partial charge in [-0.15, -0.1) is 11.8 Å². The molecular weight excluding hydrogens is 326 g/mol. The van der Waals surface area contributed by atoms with Crippen LogP contribution in [0.1, 0.15) is 33.2 Å². The summed E-state index contributed by atoms with van der Waals surface area (Å²) in [5, 5.41) is 0.544. The molecule has 5 nitrogen and oxygen atoms in total. The first-order chi connectivity index (χ1) is 11.6. The van der Waals surface area contributed by atoms with Gasteiger partial charge in [0.25, 0.3) is 11.8 Å². The number of carbonyl (C=O) groups excluding carboxylic acids is 3. The lowest BCUT2D eigenvalue weighted by atomic mass is 10.1. The van der Waals surface area contributed by atoms with Gasteiger partial charge in [-0.1, -0.05) is 42.3 Å². The van der Waals surface area contributed by atoms with Gasteiger partial charge in [0.15, 0.2) is 0 Å². The summed E-state index contributed by atoms with van der Waals surface area (Å²) >= 11 is 1.62. The fraction of sp³-hybridized carbons (Fsp3) is 0.167. The minimum Gasteiger partial charge on any atom is -0.329 e. The van der Waals surface area contributed by atoms with Crippen LogP contribution >= 0.6 is 11.8 Å². The summed E-state index contributed by atoms with van der Waals surface area (Å²) in [4.78, 5) is 42.6. The maximum absolute atomic E-state index is 12.2. The molecule has 6 heteroatoms. The fourth-order valence-corrected chi connectivity index (χ4v) is 3.30. The summed E-state index contributed by atoms with van der Waals surface area (Å²) in [6.07, 6.45) is -0.00339. The molecule has 0 saturated carbocycles. The summed E-state index contributed by atoms with van der Waals surface area (Å²) in [6.45, 7) is 2.03. The molecule has 0 aliphatic carbocycles. The van der Waals surface area contributed by atoms with Crippen LogP contribution in [0.25, 0.3) is 0 Å². The van der Waals surface area contributed by atoms with E-state index in [0.717, 1.165) is 16.2 Å². The quantitative estimate of drug-likeness (QED) is 0.618. The van der Waals surface area contributed by atoms with Crippen molar-refractivity contribution in [2.75, 3.05) is 5.75 Å². The maximum atomic E-state index is 12.2. The maximum Gasteiger partial charge on any atom is 0.337 e. The molecule has 0 unspecified atom stereocenters. The number of fused-ring (bicyclic) bond motifs is 1. The Labute approximate surface area is 143 Å². The number of amides is 2. The summed E-state index contributed by atoms with van der Waals surface area (Å²) in [6, 6.07) is 13.9. The molecule has 2 amide bonds. The summed E-state index contributed by atoms with van der Waals surface area (Å²) < 4.78 is 0. The molecule has 0 saturated heterocycles. The second-order valence-corrected chi connectivity index (χ2v) is 6.44. The van der Waals surface area contributed by atoms with Gasteiger partial charge in [-0.25, -0.2) is 4.79 Å². The number of hydrogen-bond donors (Lipinski definition) is 0. The van der Waals surface area contributed by atoms with Gasteiger partial charge < -0.3 is 4.84 Å². The van der Waals surface area contributed by atoms with E-state index in [1.54, 1.807) is 23.9 Å². The average molecular weight is 341 g/mol. The largest absolute Gasteiger partial charge is 0.337 e. The lowest BCUT2D eigenvalue weighted by Crippen LogP contribution is -2.33. The van der Waals surface area contributed by atoms with Crippen molar-refractivity contribution in [3.8, 4) is 0 Å². The van der Waals surface area contributed by atoms with Crippen LogP contribution in [0.2, 0.25) is 0 Å². The molecule has 0 N–H and O–H groups in total. The third-order valence-electron chi connectivity index (χ3n) is 3.56. The second kappa shape index (κ2) is 6.88. The highest BCUT2D eigenvalue weighted by Gasteiger charge is 2.38. The van der Waals surface area contributed by atoms with Crippen molar-refractivity contribution in [1.82, 2.24) is 5.06 Å². The highest BCUT2D eigenvalue weighted by Crippen LogP contribution is 2.25. The number of carbonyl (C=O) groups is 3. The first-order valence-electron chi connectivity index (χ1n) is 7.51. The van der Waals surface area contributed by atoms with E-state index in [4.69, 9.17) is 4.84 Å². The molecule has 2 aromatic carbocycles. The summed E-state index contributed by atoms with van der Waals surface area (Å²) in [7, 11) is 0. The van der Waals surface area contributed by atoms with Gasteiger partial charge in [-0.2, -0.15) is 0 Å². The van der Waals surface area contributed by atoms with Crippen molar-refractivity contribution >= 4 is 29.5 Å². The topological polar surface area (TPSA) is 63.7 Å². The van der Waals surface area contributed by atoms with E-state index in [0.29, 0.717) is 5.06 Å². The highest BCUT2D eigenvalue weighted by molar-refractivity contribution is 7.99. The Hall–Kier alpha value is -2.60. The summed E-state index contributed by atoms with van der Waals surface area (Å²) in [5.74, 6) is -0.987. The normalized spacial score (nSPS) is 13.1. The predicted octanol–water partition coefficient (Wildman–Crippen LogP) is 3.10. The van der Waals surface area contributed by atoms with Crippen molar-refractivity contribution in [2.45, 2.75) is 18.2 Å². The standard InChI is InChI=1S/C18H15NO4S/c1-2-24-15-10-6-3-7-12(15)11-16(20)23-19-17(21)13-8-4-5-9-14(13)18(19)22/h3-10H,2,11H2,1H3. The van der Waals surface area contributed by atoms with Crippen LogP contribution in [-0.4, -0.2) is 28.6 Å². The third kappa shape index (κ3) is 3.05. The van der Waals surface area contributed by atoms with Gasteiger partial charge in [0.05, 0.1) is 17.5 Å². The number of imide groups is 1. The van der Waals surface area contributed by atoms with Crippen molar-refractivity contribution in [3.63, 3.8) is 0 Å². The monoisotopic (exact) mass is 341 g/mol. The van der Waals surface area contributed by atoms with E-state index in [-0.39, 0.29) is 17.5 Å². The lowest BCUT2D eigenvalue weighted by Gasteiger charge is -2.13. The Balaban J connectivity index is 1.73. The van der Waals surface area contributed by atoms with Crippen LogP contribution in [0.15, 0.2) is 53.4 Å². The zero-order chi connectivity index (χ0) is 17.1. The smallest absolute Gasteiger partial charge is 0.329 e. The number of thioether (sulfide) groups is 1. The van der Waals surface area contributed by atoms with Gasteiger partial charge in [0.2, 0.25) is 0 Å². The van der Waals surface area contributed by atoms with Crippen LogP contribution < -0.4 is 0 Å². The molecule has 0 fully saturated rings. The Morgan fingerprint density at radius 1 is 1.00 bits per heavy atom. The zero-order valence-corrected chi connectivity index (χ0v) is 13.8. The van der Waals surface area contributed by atoms with Crippen LogP contribution in [0.5, 0.6) is 0 Å².